The van der Waals surface area contributed by atoms with Gasteiger partial charge in [-0.25, -0.2) is 0 Å². The maximum Gasteiger partial charge on any atom is 0.0761 e. The summed E-state index contributed by atoms with van der Waals surface area (Å²) in [5, 5.41) is 11.0. The molecular formula is C11H13Cl2NO. The Morgan fingerprint density at radius 1 is 1.27 bits per heavy atom. The third-order valence-corrected chi connectivity index (χ3v) is 3.47. The predicted octanol–water partition coefficient (Wildman–Crippen LogP) is 2.76. The van der Waals surface area contributed by atoms with Crippen LogP contribution >= 0.6 is 23.2 Å². The number of nitrogens with two attached hydrogens (primary N) is 1. The minimum Gasteiger partial charge on any atom is -0.391 e. The molecule has 2 nitrogen and oxygen atoms in total. The van der Waals surface area contributed by atoms with E-state index in [4.69, 9.17) is 28.9 Å². The smallest absolute Gasteiger partial charge is 0.0761 e. The quantitative estimate of drug-likeness (QED) is 0.861. The summed E-state index contributed by atoms with van der Waals surface area (Å²) in [4.78, 5) is 0. The molecule has 0 spiro atoms. The van der Waals surface area contributed by atoms with E-state index in [9.17, 15) is 5.11 Å². The maximum atomic E-state index is 9.92. The van der Waals surface area contributed by atoms with Crippen molar-refractivity contribution in [3.8, 4) is 0 Å². The van der Waals surface area contributed by atoms with Gasteiger partial charge in [-0.2, -0.15) is 0 Å². The highest BCUT2D eigenvalue weighted by molar-refractivity contribution is 6.36. The van der Waals surface area contributed by atoms with E-state index < -0.39 is 12.1 Å². The van der Waals surface area contributed by atoms with E-state index in [-0.39, 0.29) is 0 Å². The second kappa shape index (κ2) is 4.30. The zero-order valence-electron chi connectivity index (χ0n) is 8.16. The zero-order valence-corrected chi connectivity index (χ0v) is 9.67. The minimum atomic E-state index is -0.539. The Kier molecular flexibility index (Phi) is 3.21. The first-order valence-corrected chi connectivity index (χ1v) is 5.74. The van der Waals surface area contributed by atoms with Gasteiger partial charge in [0.2, 0.25) is 0 Å². The Labute approximate surface area is 99.0 Å². The summed E-state index contributed by atoms with van der Waals surface area (Å²) in [5.41, 5.74) is 6.62. The van der Waals surface area contributed by atoms with E-state index in [0.717, 1.165) is 12.8 Å². The van der Waals surface area contributed by atoms with Crippen molar-refractivity contribution >= 4 is 23.2 Å². The summed E-state index contributed by atoms with van der Waals surface area (Å²) in [6.07, 6.45) is 1.54. The largest absolute Gasteiger partial charge is 0.391 e. The Bertz CT molecular complexity index is 345. The molecule has 2 atom stereocenters. The first-order valence-electron chi connectivity index (χ1n) is 4.99. The fourth-order valence-electron chi connectivity index (χ4n) is 1.73. The van der Waals surface area contributed by atoms with Crippen LogP contribution in [0.2, 0.25) is 10.0 Å². The summed E-state index contributed by atoms with van der Waals surface area (Å²) >= 11 is 12.0. The van der Waals surface area contributed by atoms with Gasteiger partial charge < -0.3 is 10.8 Å². The predicted molar refractivity (Wildman–Crippen MR) is 62.1 cm³/mol. The first-order chi connectivity index (χ1) is 7.11. The van der Waals surface area contributed by atoms with Gasteiger partial charge in [0.1, 0.15) is 0 Å². The van der Waals surface area contributed by atoms with Crippen LogP contribution in [0.15, 0.2) is 18.2 Å². The van der Waals surface area contributed by atoms with Gasteiger partial charge in [-0.15, -0.1) is 0 Å². The van der Waals surface area contributed by atoms with E-state index in [1.54, 1.807) is 18.2 Å². The summed E-state index contributed by atoms with van der Waals surface area (Å²) in [6, 6.07) is 4.76. The lowest BCUT2D eigenvalue weighted by Crippen LogP contribution is -2.28. The maximum absolute atomic E-state index is 9.92. The summed E-state index contributed by atoms with van der Waals surface area (Å²) < 4.78 is 0. The molecule has 2 rings (SSSR count). The number of aliphatic hydroxyl groups is 1. The van der Waals surface area contributed by atoms with Crippen LogP contribution < -0.4 is 5.73 Å². The molecule has 1 aliphatic carbocycles. The van der Waals surface area contributed by atoms with Crippen LogP contribution in [0.4, 0.5) is 0 Å². The lowest BCUT2D eigenvalue weighted by molar-refractivity contribution is 0.122. The molecule has 4 heteroatoms. The van der Waals surface area contributed by atoms with Crippen LogP contribution in [-0.4, -0.2) is 11.2 Å². The lowest BCUT2D eigenvalue weighted by Gasteiger charge is -2.20. The van der Waals surface area contributed by atoms with Crippen molar-refractivity contribution in [2.45, 2.75) is 25.0 Å². The van der Waals surface area contributed by atoms with Crippen molar-refractivity contribution in [1.82, 2.24) is 0 Å². The lowest BCUT2D eigenvalue weighted by atomic mass is 9.99. The Morgan fingerprint density at radius 2 is 1.80 bits per heavy atom. The zero-order chi connectivity index (χ0) is 11.0. The van der Waals surface area contributed by atoms with Crippen molar-refractivity contribution in [1.29, 1.82) is 0 Å². The molecule has 3 N–H and O–H groups in total. The van der Waals surface area contributed by atoms with Gasteiger partial charge >= 0.3 is 0 Å². The third-order valence-electron chi connectivity index (χ3n) is 2.81. The molecule has 1 aromatic rings. The standard InChI is InChI=1S/C11H13Cl2NO/c12-7-2-1-3-8(13)9(7)10(14)11(15)6-4-5-6/h1-3,6,10-11,15H,4-5,14H2/t10-,11+/m0/s1. The van der Waals surface area contributed by atoms with Gasteiger partial charge in [-0.3, -0.25) is 0 Å². The summed E-state index contributed by atoms with van der Waals surface area (Å²) in [6.45, 7) is 0. The van der Waals surface area contributed by atoms with Gasteiger partial charge in [-0.05, 0) is 30.9 Å². The van der Waals surface area contributed by atoms with Crippen molar-refractivity contribution in [2.75, 3.05) is 0 Å². The molecule has 0 amide bonds. The van der Waals surface area contributed by atoms with E-state index in [1.165, 1.54) is 0 Å². The molecule has 1 fully saturated rings. The average Bonchev–Trinajstić information content (AvgIpc) is 2.99. The topological polar surface area (TPSA) is 46.2 Å². The van der Waals surface area contributed by atoms with E-state index in [1.807, 2.05) is 0 Å². The summed E-state index contributed by atoms with van der Waals surface area (Å²) in [7, 11) is 0. The van der Waals surface area contributed by atoms with Crippen molar-refractivity contribution < 1.29 is 5.11 Å². The van der Waals surface area contributed by atoms with Crippen molar-refractivity contribution in [3.05, 3.63) is 33.8 Å². The Hall–Kier alpha value is -0.280. The third kappa shape index (κ3) is 2.28. The number of aliphatic hydroxyl groups excluding tert-OH is 1. The molecule has 0 radical (unpaired) electrons. The molecule has 0 unspecified atom stereocenters. The van der Waals surface area contributed by atoms with E-state index >= 15 is 0 Å². The van der Waals surface area contributed by atoms with Crippen LogP contribution in [0, 0.1) is 5.92 Å². The summed E-state index contributed by atoms with van der Waals surface area (Å²) in [5.74, 6) is 0.312. The minimum absolute atomic E-state index is 0.312. The second-order valence-electron chi connectivity index (χ2n) is 3.99. The van der Waals surface area contributed by atoms with E-state index in [0.29, 0.717) is 21.5 Å². The fourth-order valence-corrected chi connectivity index (χ4v) is 2.38. The Balaban J connectivity index is 2.27. The highest BCUT2D eigenvalue weighted by atomic mass is 35.5. The molecule has 0 bridgehead atoms. The van der Waals surface area contributed by atoms with Crippen LogP contribution in [0.5, 0.6) is 0 Å². The van der Waals surface area contributed by atoms with Gasteiger partial charge in [0.25, 0.3) is 0 Å². The van der Waals surface area contributed by atoms with Gasteiger partial charge in [-0.1, -0.05) is 29.3 Å². The van der Waals surface area contributed by atoms with Crippen LogP contribution in [-0.2, 0) is 0 Å². The molecule has 0 aromatic heterocycles. The number of halogens is 2. The van der Waals surface area contributed by atoms with Gasteiger partial charge in [0.05, 0.1) is 12.1 Å². The monoisotopic (exact) mass is 245 g/mol. The molecule has 0 aliphatic heterocycles. The fraction of sp³-hybridized carbons (Fsp3) is 0.455. The SMILES string of the molecule is N[C@@H](c1c(Cl)cccc1Cl)[C@H](O)C1CC1. The van der Waals surface area contributed by atoms with Crippen LogP contribution in [0.3, 0.4) is 0 Å². The molecular weight excluding hydrogens is 233 g/mol. The number of rotatable bonds is 3. The molecule has 82 valence electrons. The highest BCUT2D eigenvalue weighted by Gasteiger charge is 2.35. The van der Waals surface area contributed by atoms with Gasteiger partial charge in [0, 0.05) is 15.6 Å². The molecule has 15 heavy (non-hydrogen) atoms. The van der Waals surface area contributed by atoms with Crippen molar-refractivity contribution in [3.63, 3.8) is 0 Å². The molecule has 1 saturated carbocycles. The Morgan fingerprint density at radius 3 is 2.27 bits per heavy atom. The van der Waals surface area contributed by atoms with Gasteiger partial charge in [0.15, 0.2) is 0 Å². The average molecular weight is 246 g/mol. The molecule has 0 saturated heterocycles. The number of benzene rings is 1. The second-order valence-corrected chi connectivity index (χ2v) is 4.80. The van der Waals surface area contributed by atoms with Crippen LogP contribution in [0.25, 0.3) is 0 Å². The first kappa shape index (κ1) is 11.2. The number of hydrogen-bond acceptors (Lipinski definition) is 2. The van der Waals surface area contributed by atoms with E-state index in [2.05, 4.69) is 0 Å². The normalized spacial score (nSPS) is 20.0. The van der Waals surface area contributed by atoms with Crippen LogP contribution in [0.1, 0.15) is 24.4 Å². The van der Waals surface area contributed by atoms with Crippen molar-refractivity contribution in [2.24, 2.45) is 11.7 Å². The molecule has 0 heterocycles. The molecule has 1 aromatic carbocycles. The molecule has 1 aliphatic rings. The highest BCUT2D eigenvalue weighted by Crippen LogP contribution is 2.40. The number of hydrogen-bond donors (Lipinski definition) is 2.